The number of aliphatic carboxylic acids is 1. The van der Waals surface area contributed by atoms with E-state index in [0.29, 0.717) is 19.3 Å². The van der Waals surface area contributed by atoms with Crippen LogP contribution in [0.25, 0.3) is 0 Å². The Morgan fingerprint density at radius 1 is 1.50 bits per heavy atom. The van der Waals surface area contributed by atoms with Crippen molar-refractivity contribution in [2.45, 2.75) is 33.1 Å². The minimum Gasteiger partial charge on any atom is -0.481 e. The number of carboxylic acids is 1. The maximum Gasteiger partial charge on any atom is 0.309 e. The van der Waals surface area contributed by atoms with Crippen molar-refractivity contribution in [3.05, 3.63) is 24.2 Å². The Bertz CT molecular complexity index is 283. The van der Waals surface area contributed by atoms with E-state index in [-0.39, 0.29) is 0 Å². The molecule has 0 aromatic carbocycles. The van der Waals surface area contributed by atoms with Gasteiger partial charge in [-0.05, 0) is 30.9 Å². The molecule has 0 unspecified atom stereocenters. The van der Waals surface area contributed by atoms with Crippen LogP contribution in [-0.4, -0.2) is 11.1 Å². The van der Waals surface area contributed by atoms with Crippen LogP contribution < -0.4 is 0 Å². The van der Waals surface area contributed by atoms with E-state index in [1.165, 1.54) is 0 Å². The second kappa shape index (κ2) is 4.31. The predicted molar refractivity (Wildman–Crippen MR) is 53.1 cm³/mol. The van der Waals surface area contributed by atoms with Crippen molar-refractivity contribution in [3.8, 4) is 0 Å². The molecule has 0 saturated carbocycles. The Balaban J connectivity index is 2.83. The van der Waals surface area contributed by atoms with Crippen molar-refractivity contribution in [3.63, 3.8) is 0 Å². The van der Waals surface area contributed by atoms with Gasteiger partial charge in [-0.15, -0.1) is 0 Å². The molecule has 0 saturated heterocycles. The Labute approximate surface area is 83.7 Å². The lowest BCUT2D eigenvalue weighted by molar-refractivity contribution is -0.149. The van der Waals surface area contributed by atoms with Gasteiger partial charge in [-0.1, -0.05) is 13.8 Å². The number of carboxylic acid groups (broad SMARTS) is 1. The minimum absolute atomic E-state index is 0.547. The van der Waals surface area contributed by atoms with E-state index in [9.17, 15) is 9.90 Å². The Hall–Kier alpha value is -1.25. The molecule has 0 aliphatic carbocycles. The number of rotatable bonds is 5. The molecule has 0 atom stereocenters. The lowest BCUT2D eigenvalue weighted by atomic mass is 9.77. The highest BCUT2D eigenvalue weighted by Gasteiger charge is 2.35. The quantitative estimate of drug-likeness (QED) is 0.787. The minimum atomic E-state index is -0.719. The fourth-order valence-corrected chi connectivity index (χ4v) is 1.66. The molecular formula is C11H16O3. The average Bonchev–Trinajstić information content (AvgIpc) is 2.66. The fourth-order valence-electron chi connectivity index (χ4n) is 1.66. The summed E-state index contributed by atoms with van der Waals surface area (Å²) in [5.41, 5.74) is 0.320. The van der Waals surface area contributed by atoms with Crippen LogP contribution in [-0.2, 0) is 11.2 Å². The Kier molecular flexibility index (Phi) is 3.33. The first kappa shape index (κ1) is 10.8. The Morgan fingerprint density at radius 3 is 2.50 bits per heavy atom. The van der Waals surface area contributed by atoms with Gasteiger partial charge in [0.05, 0.1) is 17.9 Å². The molecule has 1 N–H and O–H groups in total. The zero-order valence-electron chi connectivity index (χ0n) is 8.62. The third-order valence-corrected chi connectivity index (χ3v) is 2.93. The van der Waals surface area contributed by atoms with Crippen LogP contribution >= 0.6 is 0 Å². The van der Waals surface area contributed by atoms with Gasteiger partial charge in [-0.25, -0.2) is 0 Å². The molecule has 0 amide bonds. The first-order valence-electron chi connectivity index (χ1n) is 4.89. The number of hydrogen-bond acceptors (Lipinski definition) is 2. The zero-order chi connectivity index (χ0) is 10.6. The lowest BCUT2D eigenvalue weighted by Gasteiger charge is -2.25. The van der Waals surface area contributed by atoms with E-state index >= 15 is 0 Å². The highest BCUT2D eigenvalue weighted by atomic mass is 16.4. The zero-order valence-corrected chi connectivity index (χ0v) is 8.62. The second-order valence-corrected chi connectivity index (χ2v) is 3.60. The van der Waals surface area contributed by atoms with E-state index < -0.39 is 11.4 Å². The SMILES string of the molecule is CCC(CC)(Cc1ccoc1)C(=O)O. The number of hydrogen-bond donors (Lipinski definition) is 1. The molecule has 0 aliphatic rings. The van der Waals surface area contributed by atoms with Gasteiger partial charge < -0.3 is 9.52 Å². The molecule has 1 rings (SSSR count). The topological polar surface area (TPSA) is 50.4 Å². The molecule has 78 valence electrons. The van der Waals surface area contributed by atoms with Crippen molar-refractivity contribution in [1.82, 2.24) is 0 Å². The van der Waals surface area contributed by atoms with Crippen molar-refractivity contribution >= 4 is 5.97 Å². The summed E-state index contributed by atoms with van der Waals surface area (Å²) in [6.45, 7) is 3.83. The summed E-state index contributed by atoms with van der Waals surface area (Å²) in [7, 11) is 0. The first-order chi connectivity index (χ1) is 6.64. The van der Waals surface area contributed by atoms with Crippen LogP contribution in [0.5, 0.6) is 0 Å². The van der Waals surface area contributed by atoms with Gasteiger partial charge in [0.25, 0.3) is 0 Å². The first-order valence-corrected chi connectivity index (χ1v) is 4.89. The molecule has 3 nitrogen and oxygen atoms in total. The highest BCUT2D eigenvalue weighted by Crippen LogP contribution is 2.31. The van der Waals surface area contributed by atoms with Gasteiger partial charge in [0.15, 0.2) is 0 Å². The molecule has 0 radical (unpaired) electrons. The molecule has 0 aliphatic heterocycles. The predicted octanol–water partition coefficient (Wildman–Crippen LogP) is 2.71. The molecule has 1 aromatic heterocycles. The summed E-state index contributed by atoms with van der Waals surface area (Å²) < 4.78 is 4.94. The van der Waals surface area contributed by atoms with Crippen LogP contribution in [0.4, 0.5) is 0 Å². The van der Waals surface area contributed by atoms with Crippen molar-refractivity contribution in [2.75, 3.05) is 0 Å². The third-order valence-electron chi connectivity index (χ3n) is 2.93. The summed E-state index contributed by atoms with van der Waals surface area (Å²) in [4.78, 5) is 11.2. The van der Waals surface area contributed by atoms with Crippen LogP contribution in [0, 0.1) is 5.41 Å². The largest absolute Gasteiger partial charge is 0.481 e. The maximum absolute atomic E-state index is 11.2. The molecular weight excluding hydrogens is 180 g/mol. The summed E-state index contributed by atoms with van der Waals surface area (Å²) in [5.74, 6) is -0.719. The molecule has 0 fully saturated rings. The van der Waals surface area contributed by atoms with Crippen LogP contribution in [0.1, 0.15) is 32.3 Å². The molecule has 0 bridgehead atoms. The van der Waals surface area contributed by atoms with E-state index in [0.717, 1.165) is 5.56 Å². The van der Waals surface area contributed by atoms with Crippen LogP contribution in [0.3, 0.4) is 0 Å². The van der Waals surface area contributed by atoms with Crippen LogP contribution in [0.2, 0.25) is 0 Å². The maximum atomic E-state index is 11.2. The summed E-state index contributed by atoms with van der Waals surface area (Å²) in [5, 5.41) is 9.19. The lowest BCUT2D eigenvalue weighted by Crippen LogP contribution is -2.31. The van der Waals surface area contributed by atoms with Gasteiger partial charge in [-0.3, -0.25) is 4.79 Å². The Morgan fingerprint density at radius 2 is 2.14 bits per heavy atom. The molecule has 1 heterocycles. The van der Waals surface area contributed by atoms with Gasteiger partial charge in [-0.2, -0.15) is 0 Å². The molecule has 3 heteroatoms. The summed E-state index contributed by atoms with van der Waals surface area (Å²) >= 11 is 0. The van der Waals surface area contributed by atoms with E-state index in [1.54, 1.807) is 12.5 Å². The van der Waals surface area contributed by atoms with Crippen molar-refractivity contribution in [1.29, 1.82) is 0 Å². The second-order valence-electron chi connectivity index (χ2n) is 3.60. The van der Waals surface area contributed by atoms with Gasteiger partial charge in [0, 0.05) is 0 Å². The molecule has 0 spiro atoms. The van der Waals surface area contributed by atoms with E-state index in [2.05, 4.69) is 0 Å². The fraction of sp³-hybridized carbons (Fsp3) is 0.545. The molecule has 1 aromatic rings. The normalized spacial score (nSPS) is 11.6. The average molecular weight is 196 g/mol. The highest BCUT2D eigenvalue weighted by molar-refractivity contribution is 5.74. The number of furan rings is 1. The van der Waals surface area contributed by atoms with Crippen molar-refractivity contribution < 1.29 is 14.3 Å². The van der Waals surface area contributed by atoms with Gasteiger partial charge in [0.2, 0.25) is 0 Å². The van der Waals surface area contributed by atoms with Gasteiger partial charge in [0.1, 0.15) is 0 Å². The van der Waals surface area contributed by atoms with Crippen molar-refractivity contribution in [2.24, 2.45) is 5.41 Å². The monoisotopic (exact) mass is 196 g/mol. The van der Waals surface area contributed by atoms with Gasteiger partial charge >= 0.3 is 5.97 Å². The summed E-state index contributed by atoms with van der Waals surface area (Å²) in [6.07, 6.45) is 5.02. The van der Waals surface area contributed by atoms with E-state index in [4.69, 9.17) is 4.42 Å². The molecule has 14 heavy (non-hydrogen) atoms. The van der Waals surface area contributed by atoms with E-state index in [1.807, 2.05) is 19.9 Å². The smallest absolute Gasteiger partial charge is 0.309 e. The standard InChI is InChI=1S/C11H16O3/c1-3-11(4-2,10(12)13)7-9-5-6-14-8-9/h5-6,8H,3-4,7H2,1-2H3,(H,12,13). The summed E-state index contributed by atoms with van der Waals surface area (Å²) in [6, 6.07) is 1.82. The number of carbonyl (C=O) groups is 1. The third kappa shape index (κ3) is 1.97. The van der Waals surface area contributed by atoms with Crippen LogP contribution in [0.15, 0.2) is 23.0 Å².